The molecule has 4 aromatic rings. The van der Waals surface area contributed by atoms with Gasteiger partial charge in [0.05, 0.1) is 4.90 Å². The zero-order valence-electron chi connectivity index (χ0n) is 20.4. The van der Waals surface area contributed by atoms with Gasteiger partial charge in [-0.15, -0.1) is 0 Å². The molecule has 5 rings (SSSR count). The zero-order chi connectivity index (χ0) is 25.0. The number of nitrogens with zero attached hydrogens (tertiary/aromatic N) is 1. The quantitative estimate of drug-likeness (QED) is 0.329. The predicted octanol–water partition coefficient (Wildman–Crippen LogP) is 5.01. The Morgan fingerprint density at radius 2 is 1.31 bits per heavy atom. The summed E-state index contributed by atoms with van der Waals surface area (Å²) >= 11 is 0. The molecule has 4 aromatic carbocycles. The molecule has 0 aromatic heterocycles. The molecule has 1 aliphatic rings. The second kappa shape index (κ2) is 10.8. The zero-order valence-corrected chi connectivity index (χ0v) is 22.2. The van der Waals surface area contributed by atoms with Crippen LogP contribution in [0.1, 0.15) is 11.1 Å². The van der Waals surface area contributed by atoms with Crippen molar-refractivity contribution in [3.8, 4) is 0 Å². The lowest BCUT2D eigenvalue weighted by Crippen LogP contribution is -2.43. The fourth-order valence-corrected chi connectivity index (χ4v) is 9.20. The number of hydrogen-bond acceptors (Lipinski definition) is 2. The van der Waals surface area contributed by atoms with Gasteiger partial charge < -0.3 is 0 Å². The molecule has 0 spiro atoms. The summed E-state index contributed by atoms with van der Waals surface area (Å²) < 4.78 is 28.9. The monoisotopic (exact) mass is 508 g/mol. The van der Waals surface area contributed by atoms with Crippen LogP contribution in [0.2, 0.25) is 6.04 Å². The van der Waals surface area contributed by atoms with E-state index in [4.69, 9.17) is 0 Å². The fourth-order valence-electron chi connectivity index (χ4n) is 4.85. The SMILES string of the molecule is Cc1ccc(S(=O)(=O)N2C/C(=C\c3ccccc3)C(C[Si](c3ccccc3)c3ccccc3)C2)cc1. The maximum absolute atomic E-state index is 13.6. The van der Waals surface area contributed by atoms with Crippen molar-refractivity contribution < 1.29 is 8.42 Å². The van der Waals surface area contributed by atoms with Crippen molar-refractivity contribution in [3.05, 3.63) is 132 Å². The molecular weight excluding hydrogens is 478 g/mol. The van der Waals surface area contributed by atoms with Crippen molar-refractivity contribution in [3.63, 3.8) is 0 Å². The molecule has 0 N–H and O–H groups in total. The van der Waals surface area contributed by atoms with Crippen LogP contribution in [-0.2, 0) is 10.0 Å². The minimum Gasteiger partial charge on any atom is -0.207 e. The van der Waals surface area contributed by atoms with E-state index in [1.165, 1.54) is 15.9 Å². The molecule has 1 aliphatic heterocycles. The van der Waals surface area contributed by atoms with E-state index in [0.29, 0.717) is 18.0 Å². The van der Waals surface area contributed by atoms with Crippen LogP contribution < -0.4 is 10.4 Å². The van der Waals surface area contributed by atoms with E-state index in [-0.39, 0.29) is 5.92 Å². The summed E-state index contributed by atoms with van der Waals surface area (Å²) in [4.78, 5) is 0.365. The first kappa shape index (κ1) is 24.4. The first-order valence-electron chi connectivity index (χ1n) is 12.3. The molecule has 1 saturated heterocycles. The third-order valence-electron chi connectivity index (χ3n) is 6.81. The van der Waals surface area contributed by atoms with Gasteiger partial charge in [-0.2, -0.15) is 4.31 Å². The van der Waals surface area contributed by atoms with Crippen molar-refractivity contribution in [1.82, 2.24) is 4.31 Å². The van der Waals surface area contributed by atoms with E-state index in [1.807, 2.05) is 37.3 Å². The van der Waals surface area contributed by atoms with E-state index >= 15 is 0 Å². The highest BCUT2D eigenvalue weighted by Gasteiger charge is 2.37. The number of hydrogen-bond donors (Lipinski definition) is 0. The largest absolute Gasteiger partial charge is 0.243 e. The Hall–Kier alpha value is -3.25. The van der Waals surface area contributed by atoms with Gasteiger partial charge in [-0.25, -0.2) is 8.42 Å². The Labute approximate surface area is 216 Å². The lowest BCUT2D eigenvalue weighted by molar-refractivity contribution is 0.464. The van der Waals surface area contributed by atoms with Crippen LogP contribution in [0.15, 0.2) is 126 Å². The molecule has 181 valence electrons. The van der Waals surface area contributed by atoms with Crippen molar-refractivity contribution in [2.75, 3.05) is 13.1 Å². The molecule has 1 unspecified atom stereocenters. The Bertz CT molecular complexity index is 1380. The normalized spacial score (nSPS) is 17.6. The van der Waals surface area contributed by atoms with Gasteiger partial charge in [-0.1, -0.05) is 131 Å². The highest BCUT2D eigenvalue weighted by Crippen LogP contribution is 2.33. The summed E-state index contributed by atoms with van der Waals surface area (Å²) in [5.74, 6) is 0.153. The van der Waals surface area contributed by atoms with E-state index in [9.17, 15) is 8.42 Å². The molecule has 0 amide bonds. The van der Waals surface area contributed by atoms with Crippen LogP contribution in [0.5, 0.6) is 0 Å². The number of rotatable bonds is 7. The molecule has 1 atom stereocenters. The minimum absolute atomic E-state index is 0.153. The molecule has 0 aliphatic carbocycles. The summed E-state index contributed by atoms with van der Waals surface area (Å²) in [5, 5.41) is 2.71. The van der Waals surface area contributed by atoms with Gasteiger partial charge in [-0.3, -0.25) is 0 Å². The Morgan fingerprint density at radius 1 is 0.778 bits per heavy atom. The van der Waals surface area contributed by atoms with Crippen LogP contribution in [0, 0.1) is 12.8 Å². The average molecular weight is 509 g/mol. The maximum atomic E-state index is 13.6. The standard InChI is InChI=1S/C31H30NO2SSi/c1-25-17-19-29(20-18-25)35(33,34)32-22-27(21-26-11-5-2-6-12-26)28(23-32)24-36(30-13-7-3-8-14-30)31-15-9-4-10-16-31/h2-21,28H,22-24H2,1H3/b27-21+. The second-order valence-electron chi connectivity index (χ2n) is 9.35. The molecule has 3 nitrogen and oxygen atoms in total. The van der Waals surface area contributed by atoms with Crippen molar-refractivity contribution >= 4 is 35.3 Å². The van der Waals surface area contributed by atoms with E-state index < -0.39 is 18.8 Å². The van der Waals surface area contributed by atoms with Crippen molar-refractivity contribution in [2.45, 2.75) is 17.9 Å². The molecule has 1 heterocycles. The molecule has 1 fully saturated rings. The number of aryl methyl sites for hydroxylation is 1. The van der Waals surface area contributed by atoms with Gasteiger partial charge in [0.15, 0.2) is 0 Å². The van der Waals surface area contributed by atoms with Gasteiger partial charge in [0.2, 0.25) is 10.0 Å². The molecule has 36 heavy (non-hydrogen) atoms. The molecular formula is C31H30NO2SSi. The Morgan fingerprint density at radius 3 is 1.86 bits per heavy atom. The van der Waals surface area contributed by atoms with Crippen LogP contribution in [0.4, 0.5) is 0 Å². The average Bonchev–Trinajstić information content (AvgIpc) is 3.32. The van der Waals surface area contributed by atoms with E-state index in [2.05, 4.69) is 78.9 Å². The highest BCUT2D eigenvalue weighted by molar-refractivity contribution is 7.89. The van der Waals surface area contributed by atoms with Gasteiger partial charge in [0, 0.05) is 13.1 Å². The minimum atomic E-state index is -3.57. The van der Waals surface area contributed by atoms with Crippen LogP contribution >= 0.6 is 0 Å². The summed E-state index contributed by atoms with van der Waals surface area (Å²) in [6.07, 6.45) is 2.20. The molecule has 5 heteroatoms. The summed E-state index contributed by atoms with van der Waals surface area (Å²) in [6, 6.07) is 39.8. The number of sulfonamides is 1. The predicted molar refractivity (Wildman–Crippen MR) is 151 cm³/mol. The van der Waals surface area contributed by atoms with Gasteiger partial charge in [-0.05, 0) is 36.6 Å². The topological polar surface area (TPSA) is 37.4 Å². The van der Waals surface area contributed by atoms with E-state index in [1.54, 1.807) is 16.4 Å². The van der Waals surface area contributed by atoms with Crippen LogP contribution in [0.3, 0.4) is 0 Å². The second-order valence-corrected chi connectivity index (χ2v) is 13.8. The molecule has 0 saturated carbocycles. The first-order valence-corrected chi connectivity index (χ1v) is 15.4. The lowest BCUT2D eigenvalue weighted by atomic mass is 10.0. The van der Waals surface area contributed by atoms with Crippen LogP contribution in [-0.4, -0.2) is 34.6 Å². The Kier molecular flexibility index (Phi) is 7.32. The smallest absolute Gasteiger partial charge is 0.207 e. The molecule has 1 radical (unpaired) electrons. The van der Waals surface area contributed by atoms with Gasteiger partial charge in [0.25, 0.3) is 0 Å². The summed E-state index contributed by atoms with van der Waals surface area (Å²) in [7, 11) is -4.68. The maximum Gasteiger partial charge on any atom is 0.243 e. The number of benzene rings is 4. The third kappa shape index (κ3) is 5.44. The summed E-state index contributed by atoms with van der Waals surface area (Å²) in [5.41, 5.74) is 3.35. The highest BCUT2D eigenvalue weighted by atomic mass is 32.2. The third-order valence-corrected chi connectivity index (χ3v) is 11.6. The fraction of sp³-hybridized carbons (Fsp3) is 0.161. The van der Waals surface area contributed by atoms with Crippen LogP contribution in [0.25, 0.3) is 6.08 Å². The van der Waals surface area contributed by atoms with Crippen molar-refractivity contribution in [1.29, 1.82) is 0 Å². The Balaban J connectivity index is 1.51. The van der Waals surface area contributed by atoms with Crippen molar-refractivity contribution in [2.24, 2.45) is 5.92 Å². The lowest BCUT2D eigenvalue weighted by Gasteiger charge is -2.21. The summed E-state index contributed by atoms with van der Waals surface area (Å²) in [6.45, 7) is 2.90. The van der Waals surface area contributed by atoms with Gasteiger partial charge >= 0.3 is 0 Å². The first-order chi connectivity index (χ1) is 17.5. The van der Waals surface area contributed by atoms with Gasteiger partial charge in [0.1, 0.15) is 8.80 Å². The van der Waals surface area contributed by atoms with E-state index in [0.717, 1.165) is 17.2 Å². The molecule has 0 bridgehead atoms.